The molecule has 0 aromatic carbocycles. The third-order valence-electron chi connectivity index (χ3n) is 2.61. The van der Waals surface area contributed by atoms with Crippen molar-refractivity contribution in [1.82, 2.24) is 4.90 Å². The van der Waals surface area contributed by atoms with Crippen LogP contribution in [0.4, 0.5) is 0 Å². The number of nitrogens with zero attached hydrogens (tertiary/aromatic N) is 1. The molecule has 2 unspecified atom stereocenters. The first-order valence-corrected chi connectivity index (χ1v) is 5.44. The first-order chi connectivity index (χ1) is 6.91. The zero-order valence-corrected chi connectivity index (χ0v) is 9.56. The van der Waals surface area contributed by atoms with Gasteiger partial charge in [0.25, 0.3) is 0 Å². The van der Waals surface area contributed by atoms with E-state index in [1.54, 1.807) is 6.92 Å². The molecular weight excluding hydrogens is 194 g/mol. The summed E-state index contributed by atoms with van der Waals surface area (Å²) in [7, 11) is 0. The van der Waals surface area contributed by atoms with Crippen molar-refractivity contribution in [2.24, 2.45) is 11.8 Å². The molecule has 4 heteroatoms. The predicted octanol–water partition coefficient (Wildman–Crippen LogP) is 0.788. The SMILES string of the molecule is CC(C)CC(O)CN1C(=O)CC(C)C1=O. The highest BCUT2D eigenvalue weighted by Crippen LogP contribution is 2.19. The Morgan fingerprint density at radius 2 is 2.07 bits per heavy atom. The van der Waals surface area contributed by atoms with Gasteiger partial charge in [0, 0.05) is 12.3 Å². The smallest absolute Gasteiger partial charge is 0.232 e. The third kappa shape index (κ3) is 3.02. The fourth-order valence-corrected chi connectivity index (χ4v) is 1.87. The largest absolute Gasteiger partial charge is 0.391 e. The minimum atomic E-state index is -0.594. The van der Waals surface area contributed by atoms with E-state index in [0.717, 1.165) is 0 Å². The van der Waals surface area contributed by atoms with Gasteiger partial charge in [0.1, 0.15) is 0 Å². The van der Waals surface area contributed by atoms with Crippen LogP contribution in [0.25, 0.3) is 0 Å². The molecule has 86 valence electrons. The molecule has 2 amide bonds. The quantitative estimate of drug-likeness (QED) is 0.702. The molecule has 2 atom stereocenters. The van der Waals surface area contributed by atoms with Crippen LogP contribution < -0.4 is 0 Å². The molecule has 1 fully saturated rings. The van der Waals surface area contributed by atoms with E-state index in [9.17, 15) is 14.7 Å². The first-order valence-electron chi connectivity index (χ1n) is 5.44. The first kappa shape index (κ1) is 12.2. The van der Waals surface area contributed by atoms with Crippen LogP contribution in [-0.4, -0.2) is 34.5 Å². The summed E-state index contributed by atoms with van der Waals surface area (Å²) in [6.45, 7) is 5.90. The highest BCUT2D eigenvalue weighted by Gasteiger charge is 2.36. The molecule has 0 aromatic heterocycles. The molecule has 15 heavy (non-hydrogen) atoms. The number of aliphatic hydroxyl groups is 1. The van der Waals surface area contributed by atoms with Crippen LogP contribution >= 0.6 is 0 Å². The summed E-state index contributed by atoms with van der Waals surface area (Å²) in [4.78, 5) is 24.1. The summed E-state index contributed by atoms with van der Waals surface area (Å²) < 4.78 is 0. The van der Waals surface area contributed by atoms with E-state index < -0.39 is 6.10 Å². The normalized spacial score (nSPS) is 24.1. The summed E-state index contributed by atoms with van der Waals surface area (Å²) in [6, 6.07) is 0. The lowest BCUT2D eigenvalue weighted by molar-refractivity contribution is -0.141. The molecule has 1 N–H and O–H groups in total. The predicted molar refractivity (Wildman–Crippen MR) is 56.0 cm³/mol. The number of carbonyl (C=O) groups is 2. The second kappa shape index (κ2) is 4.75. The van der Waals surface area contributed by atoms with Crippen LogP contribution in [0, 0.1) is 11.8 Å². The Morgan fingerprint density at radius 3 is 2.47 bits per heavy atom. The number of hydrogen-bond acceptors (Lipinski definition) is 3. The van der Waals surface area contributed by atoms with Crippen molar-refractivity contribution in [3.63, 3.8) is 0 Å². The average Bonchev–Trinajstić information content (AvgIpc) is 2.31. The monoisotopic (exact) mass is 213 g/mol. The summed E-state index contributed by atoms with van der Waals surface area (Å²) in [5.41, 5.74) is 0. The number of aliphatic hydroxyl groups excluding tert-OH is 1. The van der Waals surface area contributed by atoms with Crippen LogP contribution in [0.3, 0.4) is 0 Å². The molecule has 0 spiro atoms. The molecule has 4 nitrogen and oxygen atoms in total. The van der Waals surface area contributed by atoms with Crippen LogP contribution in [0.2, 0.25) is 0 Å². The van der Waals surface area contributed by atoms with E-state index in [0.29, 0.717) is 12.3 Å². The molecule has 0 radical (unpaired) electrons. The molecule has 1 saturated heterocycles. The number of rotatable bonds is 4. The molecule has 0 saturated carbocycles. The maximum Gasteiger partial charge on any atom is 0.232 e. The lowest BCUT2D eigenvalue weighted by atomic mass is 10.1. The van der Waals surface area contributed by atoms with Crippen molar-refractivity contribution in [1.29, 1.82) is 0 Å². The van der Waals surface area contributed by atoms with Crippen molar-refractivity contribution >= 4 is 11.8 Å². The van der Waals surface area contributed by atoms with Gasteiger partial charge in [0.05, 0.1) is 12.6 Å². The Bertz CT molecular complexity index is 263. The van der Waals surface area contributed by atoms with E-state index in [-0.39, 0.29) is 30.7 Å². The third-order valence-corrected chi connectivity index (χ3v) is 2.61. The molecule has 1 aliphatic heterocycles. The zero-order valence-electron chi connectivity index (χ0n) is 9.56. The summed E-state index contributed by atoms with van der Waals surface area (Å²) in [5.74, 6) is -0.160. The van der Waals surface area contributed by atoms with Crippen molar-refractivity contribution in [2.45, 2.75) is 39.7 Å². The Labute approximate surface area is 90.3 Å². The number of β-amino-alcohol motifs (C(OH)–C–C–N with tert-alkyl or cyclic N) is 1. The molecule has 0 aliphatic carbocycles. The molecule has 1 heterocycles. The molecule has 0 bridgehead atoms. The molecule has 1 aliphatic rings. The second-order valence-electron chi connectivity index (χ2n) is 4.73. The van der Waals surface area contributed by atoms with Gasteiger partial charge in [0.2, 0.25) is 11.8 Å². The van der Waals surface area contributed by atoms with Gasteiger partial charge in [-0.2, -0.15) is 0 Å². The maximum atomic E-state index is 11.5. The van der Waals surface area contributed by atoms with Crippen LogP contribution in [0.1, 0.15) is 33.6 Å². The van der Waals surface area contributed by atoms with Crippen LogP contribution in [-0.2, 0) is 9.59 Å². The molecule has 0 aromatic rings. The fourth-order valence-electron chi connectivity index (χ4n) is 1.87. The molecular formula is C11H19NO3. The zero-order chi connectivity index (χ0) is 11.6. The second-order valence-corrected chi connectivity index (χ2v) is 4.73. The number of amides is 2. The highest BCUT2D eigenvalue weighted by atomic mass is 16.3. The minimum absolute atomic E-state index is 0.150. The Hall–Kier alpha value is -0.900. The Kier molecular flexibility index (Phi) is 3.85. The van der Waals surface area contributed by atoms with E-state index in [2.05, 4.69) is 0 Å². The number of imide groups is 1. The van der Waals surface area contributed by atoms with E-state index in [1.165, 1.54) is 4.90 Å². The number of hydrogen-bond donors (Lipinski definition) is 1. The van der Waals surface area contributed by atoms with Gasteiger partial charge in [-0.1, -0.05) is 20.8 Å². The average molecular weight is 213 g/mol. The topological polar surface area (TPSA) is 57.6 Å². The highest BCUT2D eigenvalue weighted by molar-refractivity contribution is 6.03. The van der Waals surface area contributed by atoms with E-state index >= 15 is 0 Å². The van der Waals surface area contributed by atoms with Crippen molar-refractivity contribution < 1.29 is 14.7 Å². The van der Waals surface area contributed by atoms with Gasteiger partial charge in [-0.15, -0.1) is 0 Å². The number of likely N-dealkylation sites (tertiary alicyclic amines) is 1. The maximum absolute atomic E-state index is 11.5. The van der Waals surface area contributed by atoms with Gasteiger partial charge in [-0.05, 0) is 12.3 Å². The van der Waals surface area contributed by atoms with Crippen molar-refractivity contribution in [2.75, 3.05) is 6.54 Å². The van der Waals surface area contributed by atoms with Crippen molar-refractivity contribution in [3.05, 3.63) is 0 Å². The van der Waals surface area contributed by atoms with Crippen LogP contribution in [0.15, 0.2) is 0 Å². The van der Waals surface area contributed by atoms with E-state index in [1.807, 2.05) is 13.8 Å². The van der Waals surface area contributed by atoms with Gasteiger partial charge in [0.15, 0.2) is 0 Å². The minimum Gasteiger partial charge on any atom is -0.391 e. The summed E-state index contributed by atoms with van der Waals surface area (Å²) in [5, 5.41) is 9.66. The van der Waals surface area contributed by atoms with Gasteiger partial charge >= 0.3 is 0 Å². The van der Waals surface area contributed by atoms with Gasteiger partial charge in [-0.25, -0.2) is 0 Å². The summed E-state index contributed by atoms with van der Waals surface area (Å²) in [6.07, 6.45) is 0.307. The number of carbonyl (C=O) groups excluding carboxylic acids is 2. The van der Waals surface area contributed by atoms with Gasteiger partial charge < -0.3 is 5.11 Å². The summed E-state index contributed by atoms with van der Waals surface area (Å²) >= 11 is 0. The standard InChI is InChI=1S/C11H19NO3/c1-7(2)4-9(13)6-12-10(14)5-8(3)11(12)15/h7-9,13H,4-6H2,1-3H3. The lowest BCUT2D eigenvalue weighted by Crippen LogP contribution is -2.37. The van der Waals surface area contributed by atoms with Gasteiger partial charge in [-0.3, -0.25) is 14.5 Å². The Balaban J connectivity index is 2.51. The molecule has 1 rings (SSSR count). The fraction of sp³-hybridized carbons (Fsp3) is 0.818. The lowest BCUT2D eigenvalue weighted by Gasteiger charge is -2.19. The van der Waals surface area contributed by atoms with Crippen molar-refractivity contribution in [3.8, 4) is 0 Å². The Morgan fingerprint density at radius 1 is 1.47 bits per heavy atom. The van der Waals surface area contributed by atoms with Crippen LogP contribution in [0.5, 0.6) is 0 Å². The van der Waals surface area contributed by atoms with E-state index in [4.69, 9.17) is 0 Å².